The van der Waals surface area contributed by atoms with Gasteiger partial charge in [0.05, 0.1) is 5.69 Å². The lowest BCUT2D eigenvalue weighted by Crippen LogP contribution is -2.28. The number of rotatable bonds is 6. The maximum atomic E-state index is 13.0. The number of nitrogens with one attached hydrogen (secondary N) is 2. The van der Waals surface area contributed by atoms with Crippen molar-refractivity contribution in [2.24, 2.45) is 0 Å². The summed E-state index contributed by atoms with van der Waals surface area (Å²) in [7, 11) is 0. The van der Waals surface area contributed by atoms with Crippen LogP contribution in [-0.4, -0.2) is 24.4 Å². The summed E-state index contributed by atoms with van der Waals surface area (Å²) in [6, 6.07) is 4.19. The molecule has 0 heterocycles. The van der Waals surface area contributed by atoms with Crippen molar-refractivity contribution in [3.8, 4) is 0 Å². The predicted octanol–water partition coefficient (Wildman–Crippen LogP) is 1.20. The van der Waals surface area contributed by atoms with Crippen LogP contribution in [0.3, 0.4) is 0 Å². The molecule has 2 amide bonds. The van der Waals surface area contributed by atoms with Gasteiger partial charge in [-0.2, -0.15) is 0 Å². The van der Waals surface area contributed by atoms with Crippen molar-refractivity contribution in [1.29, 1.82) is 0 Å². The molecule has 0 unspecified atom stereocenters. The highest BCUT2D eigenvalue weighted by Crippen LogP contribution is 2.18. The van der Waals surface area contributed by atoms with E-state index < -0.39 is 5.82 Å². The van der Waals surface area contributed by atoms with Crippen LogP contribution in [0, 0.1) is 5.82 Å². The average Bonchev–Trinajstić information content (AvgIpc) is 3.21. The molecular formula is C14H18FN3O2. The summed E-state index contributed by atoms with van der Waals surface area (Å²) in [5.41, 5.74) is 5.65. The first-order valence-electron chi connectivity index (χ1n) is 6.69. The molecule has 1 aromatic rings. The second-order valence-corrected chi connectivity index (χ2v) is 4.94. The van der Waals surface area contributed by atoms with Crippen molar-refractivity contribution in [3.05, 3.63) is 29.6 Å². The quantitative estimate of drug-likeness (QED) is 0.540. The number of hydrogen-bond donors (Lipinski definition) is 3. The minimum atomic E-state index is -0.543. The zero-order valence-electron chi connectivity index (χ0n) is 11.1. The lowest BCUT2D eigenvalue weighted by atomic mass is 10.2. The monoisotopic (exact) mass is 279 g/mol. The Labute approximate surface area is 116 Å². The minimum Gasteiger partial charge on any atom is -0.396 e. The van der Waals surface area contributed by atoms with E-state index in [-0.39, 0.29) is 17.5 Å². The van der Waals surface area contributed by atoms with Crippen LogP contribution in [-0.2, 0) is 4.79 Å². The molecular weight excluding hydrogens is 261 g/mol. The van der Waals surface area contributed by atoms with E-state index in [1.807, 2.05) is 0 Å². The summed E-state index contributed by atoms with van der Waals surface area (Å²) in [6.07, 6.45) is 3.09. The van der Waals surface area contributed by atoms with Crippen molar-refractivity contribution in [3.63, 3.8) is 0 Å². The van der Waals surface area contributed by atoms with Gasteiger partial charge in [-0.15, -0.1) is 0 Å². The molecule has 1 saturated carbocycles. The van der Waals surface area contributed by atoms with E-state index in [1.54, 1.807) is 0 Å². The van der Waals surface area contributed by atoms with Gasteiger partial charge >= 0.3 is 0 Å². The Bertz CT molecular complexity index is 515. The van der Waals surface area contributed by atoms with Crippen LogP contribution in [0.25, 0.3) is 0 Å². The van der Waals surface area contributed by atoms with Crippen LogP contribution < -0.4 is 16.4 Å². The number of anilines is 1. The molecule has 6 heteroatoms. The molecule has 0 bridgehead atoms. The second kappa shape index (κ2) is 6.36. The third kappa shape index (κ3) is 4.22. The highest BCUT2D eigenvalue weighted by Gasteiger charge is 2.22. The summed E-state index contributed by atoms with van der Waals surface area (Å²) >= 11 is 0. The normalized spacial score (nSPS) is 13.8. The first-order chi connectivity index (χ1) is 9.56. The van der Waals surface area contributed by atoms with Gasteiger partial charge in [0.2, 0.25) is 5.91 Å². The molecule has 0 atom stereocenters. The van der Waals surface area contributed by atoms with Crippen LogP contribution >= 0.6 is 0 Å². The Morgan fingerprint density at radius 2 is 2.10 bits per heavy atom. The lowest BCUT2D eigenvalue weighted by molar-refractivity contribution is -0.121. The Morgan fingerprint density at radius 1 is 1.35 bits per heavy atom. The summed E-state index contributed by atoms with van der Waals surface area (Å²) < 4.78 is 13.0. The Balaban J connectivity index is 1.68. The Kier molecular flexibility index (Phi) is 4.55. The predicted molar refractivity (Wildman–Crippen MR) is 73.5 cm³/mol. The summed E-state index contributed by atoms with van der Waals surface area (Å²) in [4.78, 5) is 23.2. The first-order valence-corrected chi connectivity index (χ1v) is 6.69. The molecule has 2 rings (SSSR count). The molecule has 0 spiro atoms. The van der Waals surface area contributed by atoms with Crippen LogP contribution in [0.15, 0.2) is 18.2 Å². The lowest BCUT2D eigenvalue weighted by Gasteiger charge is -2.06. The zero-order chi connectivity index (χ0) is 14.5. The van der Waals surface area contributed by atoms with E-state index in [1.165, 1.54) is 12.1 Å². The topological polar surface area (TPSA) is 84.2 Å². The van der Waals surface area contributed by atoms with E-state index in [9.17, 15) is 14.0 Å². The molecule has 1 aliphatic rings. The first kappa shape index (κ1) is 14.3. The van der Waals surface area contributed by atoms with E-state index in [0.717, 1.165) is 18.9 Å². The Morgan fingerprint density at radius 3 is 2.75 bits per heavy atom. The molecule has 20 heavy (non-hydrogen) atoms. The molecule has 108 valence electrons. The largest absolute Gasteiger partial charge is 0.396 e. The molecule has 0 aromatic heterocycles. The minimum absolute atomic E-state index is 0.0211. The van der Waals surface area contributed by atoms with Gasteiger partial charge in [0.15, 0.2) is 0 Å². The van der Waals surface area contributed by atoms with E-state index in [0.29, 0.717) is 31.0 Å². The molecule has 1 aliphatic carbocycles. The number of halogens is 1. The van der Waals surface area contributed by atoms with Gasteiger partial charge in [-0.25, -0.2) is 4.39 Å². The van der Waals surface area contributed by atoms with Gasteiger partial charge in [0.1, 0.15) is 5.82 Å². The van der Waals surface area contributed by atoms with Gasteiger partial charge in [0, 0.05) is 24.6 Å². The fourth-order valence-electron chi connectivity index (χ4n) is 1.77. The molecule has 1 aromatic carbocycles. The maximum absolute atomic E-state index is 13.0. The van der Waals surface area contributed by atoms with Crippen LogP contribution in [0.2, 0.25) is 0 Å². The molecule has 1 fully saturated rings. The van der Waals surface area contributed by atoms with Gasteiger partial charge in [-0.1, -0.05) is 0 Å². The molecule has 0 radical (unpaired) electrons. The molecule has 0 aliphatic heterocycles. The van der Waals surface area contributed by atoms with Crippen molar-refractivity contribution in [1.82, 2.24) is 10.6 Å². The van der Waals surface area contributed by atoms with E-state index >= 15 is 0 Å². The van der Waals surface area contributed by atoms with Gasteiger partial charge in [-0.3, -0.25) is 9.59 Å². The Hall–Kier alpha value is -2.11. The SMILES string of the molecule is Nc1cc(C(=O)NCCCC(=O)NC2CC2)ccc1F. The zero-order valence-corrected chi connectivity index (χ0v) is 11.1. The number of amides is 2. The summed E-state index contributed by atoms with van der Waals surface area (Å²) in [6.45, 7) is 0.397. The van der Waals surface area contributed by atoms with Crippen LogP contribution in [0.4, 0.5) is 10.1 Å². The molecule has 4 N–H and O–H groups in total. The van der Waals surface area contributed by atoms with Crippen molar-refractivity contribution < 1.29 is 14.0 Å². The van der Waals surface area contributed by atoms with Gasteiger partial charge < -0.3 is 16.4 Å². The van der Waals surface area contributed by atoms with Gasteiger partial charge in [-0.05, 0) is 37.5 Å². The fourth-order valence-corrected chi connectivity index (χ4v) is 1.77. The van der Waals surface area contributed by atoms with Crippen molar-refractivity contribution in [2.45, 2.75) is 31.7 Å². The van der Waals surface area contributed by atoms with Crippen LogP contribution in [0.1, 0.15) is 36.0 Å². The van der Waals surface area contributed by atoms with Crippen LogP contribution in [0.5, 0.6) is 0 Å². The summed E-state index contributed by atoms with van der Waals surface area (Å²) in [5.74, 6) is -0.842. The maximum Gasteiger partial charge on any atom is 0.251 e. The molecule has 0 saturated heterocycles. The average molecular weight is 279 g/mol. The highest BCUT2D eigenvalue weighted by atomic mass is 19.1. The van der Waals surface area contributed by atoms with Crippen molar-refractivity contribution in [2.75, 3.05) is 12.3 Å². The smallest absolute Gasteiger partial charge is 0.251 e. The third-order valence-corrected chi connectivity index (χ3v) is 3.07. The number of nitrogens with two attached hydrogens (primary N) is 1. The van der Waals surface area contributed by atoms with Crippen molar-refractivity contribution >= 4 is 17.5 Å². The number of carbonyl (C=O) groups excluding carboxylic acids is 2. The highest BCUT2D eigenvalue weighted by molar-refractivity contribution is 5.95. The number of carbonyl (C=O) groups is 2. The fraction of sp³-hybridized carbons (Fsp3) is 0.429. The standard InChI is InChI=1S/C14H18FN3O2/c15-11-6-3-9(8-12(11)16)14(20)17-7-1-2-13(19)18-10-4-5-10/h3,6,8,10H,1-2,4-5,7,16H2,(H,17,20)(H,18,19). The van der Waals surface area contributed by atoms with Gasteiger partial charge in [0.25, 0.3) is 5.91 Å². The van der Waals surface area contributed by atoms with E-state index in [2.05, 4.69) is 10.6 Å². The second-order valence-electron chi connectivity index (χ2n) is 4.94. The number of hydrogen-bond acceptors (Lipinski definition) is 3. The third-order valence-electron chi connectivity index (χ3n) is 3.07. The van der Waals surface area contributed by atoms with E-state index in [4.69, 9.17) is 5.73 Å². The summed E-state index contributed by atoms with van der Waals surface area (Å²) in [5, 5.41) is 5.55. The number of benzene rings is 1. The molecule has 5 nitrogen and oxygen atoms in total. The number of nitrogen functional groups attached to an aromatic ring is 1.